The van der Waals surface area contributed by atoms with Crippen LogP contribution in [0.3, 0.4) is 0 Å². The number of ether oxygens (including phenoxy) is 1. The highest BCUT2D eigenvalue weighted by Crippen LogP contribution is 2.28. The molecule has 1 fully saturated rings. The molecule has 0 N–H and O–H groups in total. The van der Waals surface area contributed by atoms with Crippen LogP contribution in [0.5, 0.6) is 0 Å². The number of amides is 1. The van der Waals surface area contributed by atoms with E-state index in [0.717, 1.165) is 29.3 Å². The first-order chi connectivity index (χ1) is 16.4. The largest absolute Gasteiger partial charge is 0.378 e. The van der Waals surface area contributed by atoms with Crippen LogP contribution in [0.15, 0.2) is 42.5 Å². The number of methoxy groups -OCH3 is 1. The van der Waals surface area contributed by atoms with Crippen LogP contribution < -0.4 is 4.90 Å². The van der Waals surface area contributed by atoms with Crippen LogP contribution in [0.4, 0.5) is 5.82 Å². The molecule has 6 nitrogen and oxygen atoms in total. The standard InChI is InChI=1S/C27H31ClN4O2/c1-18-9-10-19(2)21(15-18)16-23-25(17-34-4)29-20(3)30-26(23)31-11-13-32(14-12-31)27(33)22-7-5-6-8-24(22)28/h5-10,15H,11-14,16-17H2,1-4H3. The lowest BCUT2D eigenvalue weighted by molar-refractivity contribution is 0.0746. The second-order valence-corrected chi connectivity index (χ2v) is 9.23. The van der Waals surface area contributed by atoms with Crippen LogP contribution in [0.2, 0.25) is 5.02 Å². The van der Waals surface area contributed by atoms with Gasteiger partial charge in [-0.2, -0.15) is 0 Å². The minimum Gasteiger partial charge on any atom is -0.378 e. The molecule has 0 radical (unpaired) electrons. The lowest BCUT2D eigenvalue weighted by atomic mass is 9.97. The number of aryl methyl sites for hydroxylation is 3. The van der Waals surface area contributed by atoms with Gasteiger partial charge in [-0.3, -0.25) is 4.79 Å². The summed E-state index contributed by atoms with van der Waals surface area (Å²) in [5, 5.41) is 0.487. The molecule has 7 heteroatoms. The number of hydrogen-bond donors (Lipinski definition) is 0. The van der Waals surface area contributed by atoms with E-state index in [1.165, 1.54) is 16.7 Å². The van der Waals surface area contributed by atoms with E-state index in [1.807, 2.05) is 24.0 Å². The molecule has 4 rings (SSSR count). The van der Waals surface area contributed by atoms with Gasteiger partial charge in [0.1, 0.15) is 11.6 Å². The first-order valence-corrected chi connectivity index (χ1v) is 12.0. The molecule has 34 heavy (non-hydrogen) atoms. The highest BCUT2D eigenvalue weighted by molar-refractivity contribution is 6.33. The number of carbonyl (C=O) groups is 1. The van der Waals surface area contributed by atoms with Gasteiger partial charge < -0.3 is 14.5 Å². The number of rotatable bonds is 6. The first kappa shape index (κ1) is 24.2. The molecule has 1 aromatic heterocycles. The van der Waals surface area contributed by atoms with Crippen molar-refractivity contribution < 1.29 is 9.53 Å². The van der Waals surface area contributed by atoms with Crippen molar-refractivity contribution in [3.63, 3.8) is 0 Å². The van der Waals surface area contributed by atoms with Crippen molar-refractivity contribution >= 4 is 23.3 Å². The van der Waals surface area contributed by atoms with Crippen molar-refractivity contribution in [3.8, 4) is 0 Å². The number of piperazine rings is 1. The highest BCUT2D eigenvalue weighted by Gasteiger charge is 2.27. The van der Waals surface area contributed by atoms with Gasteiger partial charge in [0.15, 0.2) is 0 Å². The van der Waals surface area contributed by atoms with Gasteiger partial charge in [-0.15, -0.1) is 0 Å². The summed E-state index contributed by atoms with van der Waals surface area (Å²) in [7, 11) is 1.69. The molecule has 1 aliphatic rings. The number of halogens is 1. The van der Waals surface area contributed by atoms with Crippen molar-refractivity contribution in [2.45, 2.75) is 33.8 Å². The topological polar surface area (TPSA) is 58.6 Å². The van der Waals surface area contributed by atoms with E-state index in [1.54, 1.807) is 19.2 Å². The minimum absolute atomic E-state index is 0.0280. The van der Waals surface area contributed by atoms with E-state index < -0.39 is 0 Å². The highest BCUT2D eigenvalue weighted by atomic mass is 35.5. The summed E-state index contributed by atoms with van der Waals surface area (Å²) in [6.45, 7) is 9.20. The summed E-state index contributed by atoms with van der Waals surface area (Å²) < 4.78 is 5.49. The minimum atomic E-state index is -0.0280. The third kappa shape index (κ3) is 5.24. The van der Waals surface area contributed by atoms with Gasteiger partial charge in [0.25, 0.3) is 5.91 Å². The number of carbonyl (C=O) groups excluding carboxylic acids is 1. The molecule has 3 aromatic rings. The Morgan fingerprint density at radius 1 is 1.03 bits per heavy atom. The molecule has 1 amide bonds. The van der Waals surface area contributed by atoms with E-state index in [4.69, 9.17) is 26.3 Å². The molecular weight excluding hydrogens is 448 g/mol. The number of nitrogens with zero attached hydrogens (tertiary/aromatic N) is 4. The fraction of sp³-hybridized carbons (Fsp3) is 0.370. The zero-order valence-electron chi connectivity index (χ0n) is 20.3. The van der Waals surface area contributed by atoms with E-state index in [0.29, 0.717) is 43.4 Å². The van der Waals surface area contributed by atoms with E-state index >= 15 is 0 Å². The van der Waals surface area contributed by atoms with E-state index in [9.17, 15) is 4.79 Å². The average molecular weight is 479 g/mol. The Hall–Kier alpha value is -2.96. The zero-order chi connectivity index (χ0) is 24.2. The maximum atomic E-state index is 13.0. The summed E-state index contributed by atoms with van der Waals surface area (Å²) in [4.78, 5) is 26.7. The maximum absolute atomic E-state index is 13.0. The fourth-order valence-corrected chi connectivity index (χ4v) is 4.66. The summed E-state index contributed by atoms with van der Waals surface area (Å²) >= 11 is 6.26. The second-order valence-electron chi connectivity index (χ2n) is 8.82. The fourth-order valence-electron chi connectivity index (χ4n) is 4.44. The molecule has 178 valence electrons. The molecule has 1 aliphatic heterocycles. The number of hydrogen-bond acceptors (Lipinski definition) is 5. The molecule has 0 atom stereocenters. The molecule has 0 unspecified atom stereocenters. The van der Waals surface area contributed by atoms with Gasteiger partial charge in [-0.25, -0.2) is 9.97 Å². The Balaban J connectivity index is 1.61. The van der Waals surface area contributed by atoms with Gasteiger partial charge in [0.2, 0.25) is 0 Å². The molecule has 0 bridgehead atoms. The Labute approximate surface area is 206 Å². The van der Waals surface area contributed by atoms with E-state index in [2.05, 4.69) is 36.9 Å². The smallest absolute Gasteiger partial charge is 0.255 e. The predicted molar refractivity (Wildman–Crippen MR) is 136 cm³/mol. The average Bonchev–Trinajstić information content (AvgIpc) is 2.83. The summed E-state index contributed by atoms with van der Waals surface area (Å²) in [6.07, 6.45) is 0.737. The lowest BCUT2D eigenvalue weighted by Crippen LogP contribution is -2.49. The molecule has 2 heterocycles. The van der Waals surface area contributed by atoms with Gasteiger partial charge in [0.05, 0.1) is 22.9 Å². The molecule has 1 saturated heterocycles. The van der Waals surface area contributed by atoms with Crippen LogP contribution in [0, 0.1) is 20.8 Å². The van der Waals surface area contributed by atoms with Crippen molar-refractivity contribution in [2.24, 2.45) is 0 Å². The number of aromatic nitrogens is 2. The van der Waals surface area contributed by atoms with Gasteiger partial charge in [-0.05, 0) is 44.0 Å². The van der Waals surface area contributed by atoms with Crippen LogP contribution in [0.25, 0.3) is 0 Å². The lowest BCUT2D eigenvalue weighted by Gasteiger charge is -2.36. The Bertz CT molecular complexity index is 1190. The SMILES string of the molecule is COCc1nc(C)nc(N2CCN(C(=O)c3ccccc3Cl)CC2)c1Cc1cc(C)ccc1C. The molecule has 0 spiro atoms. The Morgan fingerprint density at radius 3 is 2.47 bits per heavy atom. The number of benzene rings is 2. The molecule has 0 aliphatic carbocycles. The first-order valence-electron chi connectivity index (χ1n) is 11.6. The Kier molecular flexibility index (Phi) is 7.49. The Morgan fingerprint density at radius 2 is 1.76 bits per heavy atom. The summed E-state index contributed by atoms with van der Waals surface area (Å²) in [5.74, 6) is 1.63. The number of anilines is 1. The normalized spacial score (nSPS) is 13.9. The van der Waals surface area contributed by atoms with Gasteiger partial charge in [-0.1, -0.05) is 47.5 Å². The monoisotopic (exact) mass is 478 g/mol. The van der Waals surface area contributed by atoms with Crippen molar-refractivity contribution in [1.29, 1.82) is 0 Å². The van der Waals surface area contributed by atoms with Crippen molar-refractivity contribution in [3.05, 3.63) is 86.8 Å². The predicted octanol–water partition coefficient (Wildman–Crippen LogP) is 4.75. The molecular formula is C27H31ClN4O2. The summed E-state index contributed by atoms with van der Waals surface area (Å²) in [5.41, 5.74) is 6.30. The van der Waals surface area contributed by atoms with Gasteiger partial charge >= 0.3 is 0 Å². The third-order valence-electron chi connectivity index (χ3n) is 6.31. The van der Waals surface area contributed by atoms with Crippen LogP contribution in [0.1, 0.15) is 44.1 Å². The van der Waals surface area contributed by atoms with Crippen molar-refractivity contribution in [1.82, 2.24) is 14.9 Å². The van der Waals surface area contributed by atoms with Crippen LogP contribution in [-0.4, -0.2) is 54.1 Å². The molecule has 0 saturated carbocycles. The quantitative estimate of drug-likeness (QED) is 0.511. The molecule has 2 aromatic carbocycles. The van der Waals surface area contributed by atoms with Crippen LogP contribution >= 0.6 is 11.6 Å². The van der Waals surface area contributed by atoms with Gasteiger partial charge in [0, 0.05) is 45.3 Å². The maximum Gasteiger partial charge on any atom is 0.255 e. The third-order valence-corrected chi connectivity index (χ3v) is 6.64. The van der Waals surface area contributed by atoms with Crippen LogP contribution in [-0.2, 0) is 17.8 Å². The summed E-state index contributed by atoms with van der Waals surface area (Å²) in [6, 6.07) is 13.7. The second kappa shape index (κ2) is 10.5. The van der Waals surface area contributed by atoms with Crippen molar-refractivity contribution in [2.75, 3.05) is 38.2 Å². The van der Waals surface area contributed by atoms with E-state index in [-0.39, 0.29) is 5.91 Å². The zero-order valence-corrected chi connectivity index (χ0v) is 21.0.